The predicted molar refractivity (Wildman–Crippen MR) is 70.3 cm³/mol. The Balaban J connectivity index is 2.24. The Bertz CT molecular complexity index is 729. The number of nitriles is 1. The van der Waals surface area contributed by atoms with Crippen LogP contribution in [0.15, 0.2) is 24.3 Å². The molecule has 1 aromatic heterocycles. The number of hydrogen-bond acceptors (Lipinski definition) is 5. The average Bonchev–Trinajstić information content (AvgIpc) is 2.86. The molecule has 0 amide bonds. The molecule has 3 rings (SSSR count). The van der Waals surface area contributed by atoms with Crippen LogP contribution < -0.4 is 5.32 Å². The van der Waals surface area contributed by atoms with Crippen LogP contribution in [0.4, 0.5) is 5.69 Å². The second kappa shape index (κ2) is 4.75. The zero-order valence-corrected chi connectivity index (χ0v) is 10.5. The fourth-order valence-corrected chi connectivity index (χ4v) is 2.43. The van der Waals surface area contributed by atoms with Crippen LogP contribution in [0.25, 0.3) is 5.69 Å². The van der Waals surface area contributed by atoms with Gasteiger partial charge in [-0.15, -0.1) is 0 Å². The van der Waals surface area contributed by atoms with Gasteiger partial charge in [0.2, 0.25) is 0 Å². The van der Waals surface area contributed by atoms with Crippen molar-refractivity contribution in [3.8, 4) is 11.8 Å². The largest absolute Gasteiger partial charge is 0.312 e. The van der Waals surface area contributed by atoms with Gasteiger partial charge in [-0.1, -0.05) is 12.1 Å². The zero-order chi connectivity index (χ0) is 14.1. The molecule has 20 heavy (non-hydrogen) atoms. The van der Waals surface area contributed by atoms with Crippen LogP contribution in [-0.2, 0) is 13.0 Å². The zero-order valence-electron chi connectivity index (χ0n) is 10.5. The van der Waals surface area contributed by atoms with Crippen LogP contribution >= 0.6 is 0 Å². The maximum absolute atomic E-state index is 11.1. The minimum absolute atomic E-state index is 0.0131. The van der Waals surface area contributed by atoms with Crippen LogP contribution in [0.5, 0.6) is 0 Å². The van der Waals surface area contributed by atoms with Gasteiger partial charge in [0.05, 0.1) is 10.6 Å². The third-order valence-electron chi connectivity index (χ3n) is 3.34. The minimum atomic E-state index is -0.434. The van der Waals surface area contributed by atoms with E-state index in [0.29, 0.717) is 24.3 Å². The summed E-state index contributed by atoms with van der Waals surface area (Å²) < 4.78 is 1.53. The number of nitrogens with zero attached hydrogens (tertiary/aromatic N) is 4. The Kier molecular flexibility index (Phi) is 2.93. The topological polar surface area (TPSA) is 96.8 Å². The highest BCUT2D eigenvalue weighted by Crippen LogP contribution is 2.27. The van der Waals surface area contributed by atoms with Gasteiger partial charge in [0.15, 0.2) is 5.69 Å². The van der Waals surface area contributed by atoms with Crippen LogP contribution in [-0.4, -0.2) is 21.2 Å². The van der Waals surface area contributed by atoms with Crippen LogP contribution in [0, 0.1) is 21.4 Å². The number of hydrogen-bond donors (Lipinski definition) is 1. The van der Waals surface area contributed by atoms with E-state index in [9.17, 15) is 10.1 Å². The van der Waals surface area contributed by atoms with Gasteiger partial charge in [-0.05, 0) is 6.07 Å². The van der Waals surface area contributed by atoms with Crippen molar-refractivity contribution in [1.82, 2.24) is 15.1 Å². The Morgan fingerprint density at radius 2 is 2.25 bits per heavy atom. The highest BCUT2D eigenvalue weighted by molar-refractivity contribution is 5.54. The summed E-state index contributed by atoms with van der Waals surface area (Å²) >= 11 is 0. The van der Waals surface area contributed by atoms with Gasteiger partial charge in [-0.25, -0.2) is 4.68 Å². The monoisotopic (exact) mass is 269 g/mol. The minimum Gasteiger partial charge on any atom is -0.312 e. The molecule has 0 saturated carbocycles. The third kappa shape index (κ3) is 1.83. The fraction of sp³-hybridized carbons (Fsp3) is 0.231. The molecule has 1 aromatic carbocycles. The van der Waals surface area contributed by atoms with Gasteiger partial charge < -0.3 is 5.32 Å². The van der Waals surface area contributed by atoms with Gasteiger partial charge in [0.1, 0.15) is 11.8 Å². The summed E-state index contributed by atoms with van der Waals surface area (Å²) in [4.78, 5) is 10.7. The van der Waals surface area contributed by atoms with Gasteiger partial charge in [-0.2, -0.15) is 10.4 Å². The lowest BCUT2D eigenvalue weighted by Gasteiger charge is -2.15. The third-order valence-corrected chi connectivity index (χ3v) is 3.34. The van der Waals surface area contributed by atoms with Crippen molar-refractivity contribution < 1.29 is 4.92 Å². The molecule has 1 aliphatic rings. The summed E-state index contributed by atoms with van der Waals surface area (Å²) in [5.41, 5.74) is 2.41. The summed E-state index contributed by atoms with van der Waals surface area (Å²) in [6.07, 6.45) is 0.691. The van der Waals surface area contributed by atoms with E-state index < -0.39 is 4.92 Å². The first-order valence-electron chi connectivity index (χ1n) is 6.17. The van der Waals surface area contributed by atoms with E-state index in [1.165, 1.54) is 10.7 Å². The average molecular weight is 269 g/mol. The van der Waals surface area contributed by atoms with Crippen molar-refractivity contribution in [3.63, 3.8) is 0 Å². The second-order valence-corrected chi connectivity index (χ2v) is 4.47. The number of aromatic nitrogens is 2. The Hall–Kier alpha value is -2.72. The van der Waals surface area contributed by atoms with E-state index in [1.807, 2.05) is 0 Å². The summed E-state index contributed by atoms with van der Waals surface area (Å²) in [6, 6.07) is 8.48. The maximum atomic E-state index is 11.1. The van der Waals surface area contributed by atoms with Gasteiger partial charge in [-0.3, -0.25) is 10.1 Å². The quantitative estimate of drug-likeness (QED) is 0.654. The first-order valence-corrected chi connectivity index (χ1v) is 6.17. The molecule has 0 radical (unpaired) electrons. The van der Waals surface area contributed by atoms with E-state index in [4.69, 9.17) is 5.26 Å². The van der Waals surface area contributed by atoms with Crippen molar-refractivity contribution in [1.29, 1.82) is 5.26 Å². The smallest absolute Gasteiger partial charge is 0.294 e. The van der Waals surface area contributed by atoms with Crippen LogP contribution in [0.3, 0.4) is 0 Å². The number of nitrogens with one attached hydrogen (secondary N) is 1. The lowest BCUT2D eigenvalue weighted by molar-refractivity contribution is -0.384. The Morgan fingerprint density at radius 3 is 3.00 bits per heavy atom. The van der Waals surface area contributed by atoms with Crippen molar-refractivity contribution >= 4 is 5.69 Å². The standard InChI is InChI=1S/C13H11N5O2/c14-7-10-9-8-15-6-5-11(9)17(16-10)12-3-1-2-4-13(12)18(19)20/h1-4,15H,5-6,8H2. The normalized spacial score (nSPS) is 13.6. The lowest BCUT2D eigenvalue weighted by atomic mass is 10.1. The summed E-state index contributed by atoms with van der Waals surface area (Å²) in [5.74, 6) is 0. The van der Waals surface area contributed by atoms with E-state index in [0.717, 1.165) is 17.8 Å². The van der Waals surface area contributed by atoms with Crippen molar-refractivity contribution in [2.45, 2.75) is 13.0 Å². The van der Waals surface area contributed by atoms with E-state index in [-0.39, 0.29) is 5.69 Å². The molecule has 7 nitrogen and oxygen atoms in total. The molecule has 1 N–H and O–H groups in total. The summed E-state index contributed by atoms with van der Waals surface area (Å²) in [6.45, 7) is 1.34. The molecule has 0 spiro atoms. The summed E-state index contributed by atoms with van der Waals surface area (Å²) in [7, 11) is 0. The summed E-state index contributed by atoms with van der Waals surface area (Å²) in [5, 5.41) is 27.7. The van der Waals surface area contributed by atoms with Gasteiger partial charge >= 0.3 is 0 Å². The maximum Gasteiger partial charge on any atom is 0.294 e. The van der Waals surface area contributed by atoms with E-state index >= 15 is 0 Å². The number of para-hydroxylation sites is 2. The molecule has 0 saturated heterocycles. The number of nitro groups is 1. The van der Waals surface area contributed by atoms with Crippen molar-refractivity contribution in [2.75, 3.05) is 6.54 Å². The second-order valence-electron chi connectivity index (χ2n) is 4.47. The molecule has 7 heteroatoms. The molecule has 0 atom stereocenters. The molecule has 2 heterocycles. The molecule has 0 fully saturated rings. The predicted octanol–water partition coefficient (Wildman–Crippen LogP) is 1.30. The van der Waals surface area contributed by atoms with Gasteiger partial charge in [0.25, 0.3) is 5.69 Å². The molecular formula is C13H11N5O2. The number of benzene rings is 1. The van der Waals surface area contributed by atoms with Crippen molar-refractivity contribution in [2.24, 2.45) is 0 Å². The Morgan fingerprint density at radius 1 is 1.45 bits per heavy atom. The fourth-order valence-electron chi connectivity index (χ4n) is 2.43. The molecule has 0 bridgehead atoms. The molecule has 0 unspecified atom stereocenters. The van der Waals surface area contributed by atoms with Crippen LogP contribution in [0.2, 0.25) is 0 Å². The Labute approximate surface area is 114 Å². The highest BCUT2D eigenvalue weighted by atomic mass is 16.6. The first-order chi connectivity index (χ1) is 9.72. The molecule has 2 aromatic rings. The first kappa shape index (κ1) is 12.3. The van der Waals surface area contributed by atoms with Gasteiger partial charge in [0, 0.05) is 31.1 Å². The SMILES string of the molecule is N#Cc1nn(-c2ccccc2[N+](=O)[O-])c2c1CNCC2. The lowest BCUT2D eigenvalue weighted by Crippen LogP contribution is -2.24. The number of fused-ring (bicyclic) bond motifs is 1. The van der Waals surface area contributed by atoms with Crippen LogP contribution in [0.1, 0.15) is 17.0 Å². The van der Waals surface area contributed by atoms with E-state index in [2.05, 4.69) is 16.5 Å². The molecule has 1 aliphatic heterocycles. The van der Waals surface area contributed by atoms with Crippen molar-refractivity contribution in [3.05, 3.63) is 51.3 Å². The molecule has 0 aliphatic carbocycles. The van der Waals surface area contributed by atoms with E-state index in [1.54, 1.807) is 18.2 Å². The number of nitro benzene ring substituents is 1. The molecular weight excluding hydrogens is 258 g/mol. The molecule has 100 valence electrons. The number of rotatable bonds is 2. The highest BCUT2D eigenvalue weighted by Gasteiger charge is 2.24.